The molecule has 0 bridgehead atoms. The number of rotatable bonds is 12. The van der Waals surface area contributed by atoms with Gasteiger partial charge in [-0.15, -0.1) is 11.8 Å². The Bertz CT molecular complexity index is 1720. The van der Waals surface area contributed by atoms with Crippen molar-refractivity contribution in [1.82, 2.24) is 24.8 Å². The maximum absolute atomic E-state index is 13.3. The zero-order valence-electron chi connectivity index (χ0n) is 23.0. The maximum atomic E-state index is 13.3. The number of nitrogens with two attached hydrogens (primary N) is 2. The first-order chi connectivity index (χ1) is 21.0. The average molecular weight is 664 g/mol. The molecule has 2 aliphatic rings. The van der Waals surface area contributed by atoms with Crippen LogP contribution < -0.4 is 26.5 Å². The fraction of sp³-hybridized carbons (Fsp3) is 0.360. The second kappa shape index (κ2) is 12.8. The first-order valence-electron chi connectivity index (χ1n) is 13.1. The SMILES string of the molecule is C[C@H](O/N=C(\C(=O)N[C@@H]1C(=O)N2C(C(=O)[O-])=C(C[n+]3ccc4ncn(CCCN)c4c3)CSC12)c1nc(N)sc1Cl)C(=O)O. The van der Waals surface area contributed by atoms with Gasteiger partial charge in [-0.1, -0.05) is 28.1 Å². The topological polar surface area (TPSA) is 235 Å². The number of anilines is 1. The monoisotopic (exact) mass is 663 g/mol. The molecule has 3 aromatic heterocycles. The van der Waals surface area contributed by atoms with Gasteiger partial charge in [-0.3, -0.25) is 14.5 Å². The summed E-state index contributed by atoms with van der Waals surface area (Å²) in [6.07, 6.45) is 4.68. The minimum atomic E-state index is -1.53. The van der Waals surface area contributed by atoms with E-state index in [9.17, 15) is 24.3 Å². The second-order valence-corrected chi connectivity index (χ2v) is 12.5. The van der Waals surface area contributed by atoms with Crippen LogP contribution in [0.4, 0.5) is 5.13 Å². The number of pyridine rings is 1. The zero-order chi connectivity index (χ0) is 31.7. The molecule has 0 aromatic carbocycles. The Morgan fingerprint density at radius 1 is 1.41 bits per heavy atom. The van der Waals surface area contributed by atoms with E-state index >= 15 is 0 Å². The van der Waals surface area contributed by atoms with Crippen molar-refractivity contribution in [2.45, 2.75) is 44.0 Å². The standard InChI is InChI=1S/C25H26ClN9O7S2/c1-11(23(38)39)42-32-16(15-19(26)44-25(28)31-15)20(36)30-17-21(37)35-18(24(40)41)12(9-43-22(17)35)7-33-6-3-13-14(8-33)34(10-29-13)5-2-4-27/h3,6,8,10-11,17,22H,2,4-5,7,9,27H2,1H3,(H4-,28,30,31,36,38,39,40,41)/b32-16-/t11-,17+,22?/m0/s1. The van der Waals surface area contributed by atoms with Gasteiger partial charge in [-0.2, -0.15) is 4.57 Å². The Kier molecular flexibility index (Phi) is 9.05. The van der Waals surface area contributed by atoms with Crippen molar-refractivity contribution in [2.75, 3.05) is 18.0 Å². The van der Waals surface area contributed by atoms with E-state index in [-0.39, 0.29) is 33.2 Å². The van der Waals surface area contributed by atoms with Gasteiger partial charge in [0.25, 0.3) is 11.8 Å². The number of aliphatic carboxylic acids is 2. The van der Waals surface area contributed by atoms with Crippen LogP contribution in [0.15, 0.2) is 41.2 Å². The Morgan fingerprint density at radius 2 is 2.18 bits per heavy atom. The number of hydrogen-bond acceptors (Lipinski definition) is 13. The Morgan fingerprint density at radius 3 is 2.84 bits per heavy atom. The first-order valence-corrected chi connectivity index (χ1v) is 15.4. The van der Waals surface area contributed by atoms with Gasteiger partial charge in [-0.25, -0.2) is 14.8 Å². The molecule has 16 nitrogen and oxygen atoms in total. The predicted octanol–water partition coefficient (Wildman–Crippen LogP) is -1.34. The second-order valence-electron chi connectivity index (χ2n) is 9.77. The zero-order valence-corrected chi connectivity index (χ0v) is 25.4. The lowest BCUT2D eigenvalue weighted by atomic mass is 10.0. The molecule has 0 radical (unpaired) electrons. The van der Waals surface area contributed by atoms with Crippen LogP contribution in [0.25, 0.3) is 11.0 Å². The summed E-state index contributed by atoms with van der Waals surface area (Å²) < 4.78 is 3.75. The van der Waals surface area contributed by atoms with Gasteiger partial charge in [0.2, 0.25) is 6.10 Å². The number of oxime groups is 1. The minimum Gasteiger partial charge on any atom is -0.543 e. The molecule has 1 unspecified atom stereocenters. The molecule has 3 atom stereocenters. The molecule has 44 heavy (non-hydrogen) atoms. The van der Waals surface area contributed by atoms with E-state index in [0.717, 1.165) is 33.7 Å². The number of imidazole rings is 1. The number of amides is 2. The summed E-state index contributed by atoms with van der Waals surface area (Å²) in [4.78, 5) is 64.3. The van der Waals surface area contributed by atoms with E-state index in [4.69, 9.17) is 33.0 Å². The number of nitrogens with zero attached hydrogens (tertiary/aromatic N) is 6. The van der Waals surface area contributed by atoms with E-state index in [1.54, 1.807) is 17.1 Å². The number of nitrogen functional groups attached to an aromatic ring is 1. The molecule has 1 fully saturated rings. The summed E-state index contributed by atoms with van der Waals surface area (Å²) in [7, 11) is 0. The van der Waals surface area contributed by atoms with Crippen molar-refractivity contribution in [3.05, 3.63) is 46.1 Å². The van der Waals surface area contributed by atoms with E-state index in [1.165, 1.54) is 18.7 Å². The highest BCUT2D eigenvalue weighted by molar-refractivity contribution is 8.00. The molecule has 19 heteroatoms. The quantitative estimate of drug-likeness (QED) is 0.0763. The predicted molar refractivity (Wildman–Crippen MR) is 157 cm³/mol. The van der Waals surface area contributed by atoms with Crippen LogP contribution in [-0.4, -0.2) is 83.8 Å². The van der Waals surface area contributed by atoms with Gasteiger partial charge in [0.15, 0.2) is 29.8 Å². The van der Waals surface area contributed by atoms with Crippen LogP contribution in [0.2, 0.25) is 4.34 Å². The van der Waals surface area contributed by atoms with Crippen LogP contribution in [0, 0.1) is 0 Å². The molecule has 5 heterocycles. The minimum absolute atomic E-state index is 0.0125. The molecule has 0 spiro atoms. The lowest BCUT2D eigenvalue weighted by Crippen LogP contribution is -2.71. The Labute approximate surface area is 262 Å². The number of nitrogens with one attached hydrogen (secondary N) is 1. The number of aromatic nitrogens is 4. The van der Waals surface area contributed by atoms with E-state index in [0.29, 0.717) is 18.7 Å². The van der Waals surface area contributed by atoms with Gasteiger partial charge >= 0.3 is 5.97 Å². The molecular formula is C25H26ClN9O7S2. The van der Waals surface area contributed by atoms with Crippen molar-refractivity contribution in [3.8, 4) is 0 Å². The fourth-order valence-electron chi connectivity index (χ4n) is 4.64. The van der Waals surface area contributed by atoms with E-state index in [1.807, 2.05) is 16.8 Å². The molecule has 0 saturated carbocycles. The Hall–Kier alpha value is -4.26. The highest BCUT2D eigenvalue weighted by Crippen LogP contribution is 2.40. The molecular weight excluding hydrogens is 638 g/mol. The summed E-state index contributed by atoms with van der Waals surface area (Å²) in [5.74, 6) is -4.27. The third-order valence-corrected chi connectivity index (χ3v) is 9.24. The Balaban J connectivity index is 1.36. The van der Waals surface area contributed by atoms with Crippen LogP contribution >= 0.6 is 34.7 Å². The first kappa shape index (κ1) is 31.2. The van der Waals surface area contributed by atoms with E-state index in [2.05, 4.69) is 20.4 Å². The van der Waals surface area contributed by atoms with Crippen molar-refractivity contribution in [2.24, 2.45) is 10.9 Å². The maximum Gasteiger partial charge on any atom is 0.347 e. The van der Waals surface area contributed by atoms with Gasteiger partial charge in [0, 0.05) is 23.9 Å². The number of thiazole rings is 1. The van der Waals surface area contributed by atoms with E-state index < -0.39 is 47.0 Å². The lowest BCUT2D eigenvalue weighted by Gasteiger charge is -2.50. The lowest BCUT2D eigenvalue weighted by molar-refractivity contribution is -0.687. The number of carbonyl (C=O) groups is 4. The summed E-state index contributed by atoms with van der Waals surface area (Å²) >= 11 is 8.26. The number of fused-ring (bicyclic) bond motifs is 2. The normalized spacial score (nSPS) is 19.0. The third kappa shape index (κ3) is 6.05. The molecule has 2 amide bonds. The van der Waals surface area contributed by atoms with Crippen molar-refractivity contribution in [3.63, 3.8) is 0 Å². The van der Waals surface area contributed by atoms with Crippen molar-refractivity contribution >= 4 is 80.3 Å². The number of halogens is 1. The molecule has 2 aliphatic heterocycles. The van der Waals surface area contributed by atoms with Crippen LogP contribution in [-0.2, 0) is 37.1 Å². The van der Waals surface area contributed by atoms with Crippen molar-refractivity contribution < 1.29 is 38.8 Å². The van der Waals surface area contributed by atoms with Gasteiger partial charge in [0.1, 0.15) is 32.5 Å². The molecule has 232 valence electrons. The summed E-state index contributed by atoms with van der Waals surface area (Å²) in [5, 5.41) is 26.8. The molecule has 0 aliphatic carbocycles. The van der Waals surface area contributed by atoms with Crippen LogP contribution in [0.5, 0.6) is 0 Å². The van der Waals surface area contributed by atoms with Crippen LogP contribution in [0.3, 0.4) is 0 Å². The number of hydrogen-bond donors (Lipinski definition) is 4. The number of thioether (sulfide) groups is 1. The van der Waals surface area contributed by atoms with Crippen LogP contribution in [0.1, 0.15) is 19.0 Å². The largest absolute Gasteiger partial charge is 0.543 e. The number of carboxylic acid groups (broad SMARTS) is 2. The summed E-state index contributed by atoms with van der Waals surface area (Å²) in [6, 6.07) is 0.677. The molecule has 6 N–H and O–H groups in total. The number of aryl methyl sites for hydroxylation is 1. The highest BCUT2D eigenvalue weighted by Gasteiger charge is 2.53. The van der Waals surface area contributed by atoms with Gasteiger partial charge in [-0.05, 0) is 19.9 Å². The average Bonchev–Trinajstić information content (AvgIpc) is 3.55. The number of β-lactam (4-membered cyclic amide) rings is 1. The smallest absolute Gasteiger partial charge is 0.347 e. The fourth-order valence-corrected chi connectivity index (χ4v) is 6.90. The van der Waals surface area contributed by atoms with Crippen molar-refractivity contribution in [1.29, 1.82) is 0 Å². The van der Waals surface area contributed by atoms with Gasteiger partial charge in [0.05, 0.1) is 18.0 Å². The molecule has 1 saturated heterocycles. The summed E-state index contributed by atoms with van der Waals surface area (Å²) in [5.41, 5.74) is 12.5. The third-order valence-electron chi connectivity index (χ3n) is 6.82. The number of carboxylic acids is 2. The highest BCUT2D eigenvalue weighted by atomic mass is 35.5. The molecule has 5 rings (SSSR count). The number of carbonyl (C=O) groups excluding carboxylic acids is 3. The molecule has 3 aromatic rings. The van der Waals surface area contributed by atoms with Gasteiger partial charge < -0.3 is 41.2 Å². The summed E-state index contributed by atoms with van der Waals surface area (Å²) in [6.45, 7) is 2.57.